The number of nitrogens with two attached hydrogens (primary N) is 1. The van der Waals surface area contributed by atoms with E-state index in [9.17, 15) is 19.2 Å². The van der Waals surface area contributed by atoms with Gasteiger partial charge in [-0.1, -0.05) is 49.6 Å². The maximum atomic E-state index is 16.3. The topological polar surface area (TPSA) is 164 Å². The van der Waals surface area contributed by atoms with Crippen LogP contribution in [0.25, 0.3) is 11.1 Å². The van der Waals surface area contributed by atoms with E-state index in [1.54, 1.807) is 30.5 Å². The lowest BCUT2D eigenvalue weighted by molar-refractivity contribution is -0.140. The monoisotopic (exact) mass is 755 g/mol. The normalized spacial score (nSPS) is 18.9. The second-order valence-corrected chi connectivity index (χ2v) is 14.4. The molecule has 15 heteroatoms. The van der Waals surface area contributed by atoms with Gasteiger partial charge in [-0.25, -0.2) is 4.39 Å². The van der Waals surface area contributed by atoms with Crippen LogP contribution in [-0.2, 0) is 29.8 Å². The summed E-state index contributed by atoms with van der Waals surface area (Å²) in [6.45, 7) is 0.635. The highest BCUT2D eigenvalue weighted by Gasteiger charge is 2.50. The number of methoxy groups -OCH3 is 1. The average Bonchev–Trinajstić information content (AvgIpc) is 3.84. The van der Waals surface area contributed by atoms with E-state index in [1.807, 2.05) is 0 Å². The Kier molecular flexibility index (Phi) is 12.6. The summed E-state index contributed by atoms with van der Waals surface area (Å²) in [5, 5.41) is 14.7. The third-order valence-corrected chi connectivity index (χ3v) is 10.7. The lowest BCUT2D eigenvalue weighted by atomic mass is 10.0. The van der Waals surface area contributed by atoms with Gasteiger partial charge in [-0.2, -0.15) is 8.78 Å². The number of alkyl halides is 3. The highest BCUT2D eigenvalue weighted by Crippen LogP contribution is 2.51. The minimum absolute atomic E-state index is 0.0613. The molecule has 1 saturated heterocycles. The van der Waals surface area contributed by atoms with Crippen LogP contribution in [0.4, 0.5) is 13.2 Å². The molecule has 0 radical (unpaired) electrons. The molecule has 0 bridgehead atoms. The van der Waals surface area contributed by atoms with E-state index in [0.29, 0.717) is 28.8 Å². The third kappa shape index (κ3) is 9.25. The number of carbonyl (C=O) groups is 4. The first-order chi connectivity index (χ1) is 25.2. The highest BCUT2D eigenvalue weighted by atomic mass is 32.1. The van der Waals surface area contributed by atoms with Crippen LogP contribution in [-0.4, -0.2) is 79.6 Å². The number of rotatable bonds is 17. The van der Waals surface area contributed by atoms with Crippen molar-refractivity contribution in [2.45, 2.75) is 75.5 Å². The van der Waals surface area contributed by atoms with Gasteiger partial charge >= 0.3 is 5.97 Å². The van der Waals surface area contributed by atoms with Crippen LogP contribution < -0.4 is 16.4 Å². The van der Waals surface area contributed by atoms with Crippen molar-refractivity contribution in [3.05, 3.63) is 81.0 Å². The number of amides is 3. The lowest BCUT2D eigenvalue weighted by Gasteiger charge is -2.25. The number of amidine groups is 1. The third-order valence-electron chi connectivity index (χ3n) is 9.56. The van der Waals surface area contributed by atoms with E-state index in [0.717, 1.165) is 30.6 Å². The summed E-state index contributed by atoms with van der Waals surface area (Å²) in [5.74, 6) is -5.58. The Morgan fingerprint density at radius 1 is 1.00 bits per heavy atom. The number of nitrogen functional groups attached to an aromatic ring is 1. The number of carbonyl (C=O) groups excluding carboxylic acids is 4. The first-order valence-electron chi connectivity index (χ1n) is 17.5. The van der Waals surface area contributed by atoms with Crippen LogP contribution in [0.3, 0.4) is 0 Å². The molecule has 2 aromatic carbocycles. The van der Waals surface area contributed by atoms with E-state index in [4.69, 9.17) is 15.9 Å². The van der Waals surface area contributed by atoms with E-state index < -0.39 is 54.5 Å². The molecule has 3 amide bonds. The van der Waals surface area contributed by atoms with Crippen LogP contribution in [0.15, 0.2) is 53.9 Å². The van der Waals surface area contributed by atoms with Crippen molar-refractivity contribution in [3.63, 3.8) is 0 Å². The number of thiophene rings is 1. The second kappa shape index (κ2) is 16.9. The molecule has 284 valence electrons. The molecule has 1 aliphatic carbocycles. The number of ether oxygens (including phenoxy) is 2. The molecule has 2 heterocycles. The fourth-order valence-corrected chi connectivity index (χ4v) is 7.59. The molecule has 2 aliphatic rings. The Labute approximate surface area is 309 Å². The van der Waals surface area contributed by atoms with Gasteiger partial charge in [0.2, 0.25) is 11.8 Å². The minimum atomic E-state index is -3.21. The standard InChI is InChI=1S/C38H44F3N5O6S/c1-23(31-17-25(20-53-31)34(42)43)45-36(50)30-18-37(39,22-52-15-9-5-3-4-6-12-33(48)51-2)21-46(30)32(47)19-44-35(49)24-13-14-29-27(16-24)26-10-7-8-11-28(26)38(29,40)41/h7-8,10-11,13-14,16-17,20,23,30H,3-6,9,12,15,18-19,21-22H2,1-2H3,(H3,42,43)(H,44,49)(H,45,50)/t23-,30+,37-/m1/s1. The van der Waals surface area contributed by atoms with Gasteiger partial charge < -0.3 is 30.7 Å². The summed E-state index contributed by atoms with van der Waals surface area (Å²) in [6, 6.07) is 9.81. The second-order valence-electron chi connectivity index (χ2n) is 13.5. The zero-order chi connectivity index (χ0) is 38.3. The molecule has 1 fully saturated rings. The summed E-state index contributed by atoms with van der Waals surface area (Å²) in [4.78, 5) is 53.4. The Bertz CT molecular complexity index is 1850. The Balaban J connectivity index is 1.21. The number of unbranched alkanes of at least 4 members (excludes halogenated alkanes) is 4. The van der Waals surface area contributed by atoms with Crippen LogP contribution in [0, 0.1) is 5.41 Å². The molecule has 0 saturated carbocycles. The van der Waals surface area contributed by atoms with Gasteiger partial charge in [-0.05, 0) is 49.1 Å². The number of halogens is 3. The van der Waals surface area contributed by atoms with Gasteiger partial charge in [0, 0.05) is 52.0 Å². The summed E-state index contributed by atoms with van der Waals surface area (Å²) in [6.07, 6.45) is 3.96. The molecule has 5 N–H and O–H groups in total. The van der Waals surface area contributed by atoms with Crippen molar-refractivity contribution in [1.82, 2.24) is 15.5 Å². The average molecular weight is 756 g/mol. The molecule has 0 spiro atoms. The number of hydrogen-bond donors (Lipinski definition) is 4. The van der Waals surface area contributed by atoms with E-state index in [2.05, 4.69) is 15.4 Å². The van der Waals surface area contributed by atoms with Gasteiger partial charge in [-0.15, -0.1) is 11.3 Å². The van der Waals surface area contributed by atoms with Crippen LogP contribution in [0.2, 0.25) is 0 Å². The number of esters is 1. The maximum absolute atomic E-state index is 16.3. The molecule has 0 unspecified atom stereocenters. The SMILES string of the molecule is COC(=O)CCCCCCCOC[C@@]1(F)C[C@@H](C(=O)N[C@H](C)c2cc(C(=N)N)cs2)N(C(=O)CNC(=O)c2ccc3c(c2)-c2ccccc2C3(F)F)C1. The Morgan fingerprint density at radius 2 is 1.72 bits per heavy atom. The predicted molar refractivity (Wildman–Crippen MR) is 194 cm³/mol. The zero-order valence-electron chi connectivity index (χ0n) is 29.6. The summed E-state index contributed by atoms with van der Waals surface area (Å²) < 4.78 is 56.7. The first-order valence-corrected chi connectivity index (χ1v) is 18.4. The van der Waals surface area contributed by atoms with Crippen molar-refractivity contribution in [2.24, 2.45) is 5.73 Å². The molecule has 3 atom stereocenters. The van der Waals surface area contributed by atoms with Crippen molar-refractivity contribution >= 4 is 40.9 Å². The van der Waals surface area contributed by atoms with Crippen LogP contribution in [0.1, 0.15) is 89.8 Å². The van der Waals surface area contributed by atoms with Crippen LogP contribution in [0.5, 0.6) is 0 Å². The van der Waals surface area contributed by atoms with Crippen molar-refractivity contribution in [1.29, 1.82) is 5.41 Å². The Morgan fingerprint density at radius 3 is 2.45 bits per heavy atom. The number of hydrogen-bond acceptors (Lipinski definition) is 8. The smallest absolute Gasteiger partial charge is 0.305 e. The summed E-state index contributed by atoms with van der Waals surface area (Å²) >= 11 is 1.29. The molecule has 3 aromatic rings. The van der Waals surface area contributed by atoms with E-state index in [1.165, 1.54) is 48.8 Å². The fraction of sp³-hybridized carbons (Fsp3) is 0.447. The largest absolute Gasteiger partial charge is 0.469 e. The molecule has 53 heavy (non-hydrogen) atoms. The van der Waals surface area contributed by atoms with Crippen molar-refractivity contribution in [2.75, 3.05) is 33.4 Å². The van der Waals surface area contributed by atoms with Gasteiger partial charge in [0.05, 0.1) is 32.8 Å². The van der Waals surface area contributed by atoms with Gasteiger partial charge in [0.15, 0.2) is 5.67 Å². The Hall–Kier alpha value is -4.76. The minimum Gasteiger partial charge on any atom is -0.469 e. The van der Waals surface area contributed by atoms with Gasteiger partial charge in [0.25, 0.3) is 11.8 Å². The molecular formula is C38H44F3N5O6S. The predicted octanol–water partition coefficient (Wildman–Crippen LogP) is 5.60. The number of likely N-dealkylation sites (tertiary alicyclic amines) is 1. The van der Waals surface area contributed by atoms with Gasteiger partial charge in [0.1, 0.15) is 11.9 Å². The first kappa shape index (κ1) is 39.4. The molecular weight excluding hydrogens is 712 g/mol. The number of nitrogens with one attached hydrogen (secondary N) is 3. The fourth-order valence-electron chi connectivity index (χ4n) is 6.68. The molecule has 1 aliphatic heterocycles. The number of fused-ring (bicyclic) bond motifs is 3. The molecule has 5 rings (SSSR count). The zero-order valence-corrected chi connectivity index (χ0v) is 30.5. The van der Waals surface area contributed by atoms with Crippen molar-refractivity contribution in [3.8, 4) is 11.1 Å². The number of nitrogens with zero attached hydrogens (tertiary/aromatic N) is 1. The quantitative estimate of drug-likeness (QED) is 0.0603. The van der Waals surface area contributed by atoms with E-state index >= 15 is 13.2 Å². The number of benzene rings is 2. The highest BCUT2D eigenvalue weighted by molar-refractivity contribution is 7.10. The van der Waals surface area contributed by atoms with Crippen LogP contribution >= 0.6 is 11.3 Å². The van der Waals surface area contributed by atoms with Crippen molar-refractivity contribution < 1.29 is 41.8 Å². The molecule has 1 aromatic heterocycles. The summed E-state index contributed by atoms with van der Waals surface area (Å²) in [5.41, 5.74) is 4.26. The van der Waals surface area contributed by atoms with Gasteiger partial charge in [-0.3, -0.25) is 24.6 Å². The maximum Gasteiger partial charge on any atom is 0.305 e. The lowest BCUT2D eigenvalue weighted by Crippen LogP contribution is -2.49. The summed E-state index contributed by atoms with van der Waals surface area (Å²) in [7, 11) is 1.35. The van der Waals surface area contributed by atoms with E-state index in [-0.39, 0.29) is 53.7 Å². The molecule has 11 nitrogen and oxygen atoms in total.